The Hall–Kier alpha value is -1.40. The quantitative estimate of drug-likeness (QED) is 0.935. The second-order valence-electron chi connectivity index (χ2n) is 5.07. The Bertz CT molecular complexity index is 585. The topological polar surface area (TPSA) is 63.1 Å². The molecule has 0 amide bonds. The predicted octanol–water partition coefficient (Wildman–Crippen LogP) is 3.69. The molecule has 0 saturated heterocycles. The van der Waals surface area contributed by atoms with Crippen LogP contribution in [0.4, 0.5) is 0 Å². The molecular weight excluding hydrogens is 280 g/mol. The van der Waals surface area contributed by atoms with Crippen LogP contribution in [0.25, 0.3) is 0 Å². The number of rotatable bonds is 3. The molecule has 4 nitrogen and oxygen atoms in total. The first-order valence-corrected chi connectivity index (χ1v) is 7.30. The third-order valence-corrected chi connectivity index (χ3v) is 4.14. The molecule has 1 N–H and O–H groups in total. The van der Waals surface area contributed by atoms with Crippen LogP contribution >= 0.6 is 23.3 Å². The molecule has 0 radical (unpaired) electrons. The van der Waals surface area contributed by atoms with Gasteiger partial charge in [0, 0.05) is 10.3 Å². The monoisotopic (exact) mass is 294 g/mol. The zero-order valence-corrected chi connectivity index (χ0v) is 12.5. The summed E-state index contributed by atoms with van der Waals surface area (Å²) in [6.45, 7) is 6.22. The summed E-state index contributed by atoms with van der Waals surface area (Å²) in [4.78, 5) is 16.2. The van der Waals surface area contributed by atoms with Crippen molar-refractivity contribution < 1.29 is 9.90 Å². The number of aromatic carboxylic acids is 1. The fourth-order valence-electron chi connectivity index (χ4n) is 1.32. The molecule has 100 valence electrons. The van der Waals surface area contributed by atoms with Crippen molar-refractivity contribution in [1.82, 2.24) is 9.36 Å². The lowest BCUT2D eigenvalue weighted by molar-refractivity contribution is 0.0697. The van der Waals surface area contributed by atoms with E-state index in [1.165, 1.54) is 23.3 Å². The standard InChI is InChI=1S/C13H14N2O2S2/c1-13(2,3)11-14-12(19-15-11)18-9-6-4-8(5-7-9)10(16)17/h4-7H,1-3H3,(H,16,17). The van der Waals surface area contributed by atoms with Crippen LogP contribution in [0.15, 0.2) is 33.5 Å². The number of hydrogen-bond acceptors (Lipinski definition) is 5. The summed E-state index contributed by atoms with van der Waals surface area (Å²) in [5.74, 6) is -0.0790. The maximum atomic E-state index is 10.8. The van der Waals surface area contributed by atoms with Crippen LogP contribution in [0.1, 0.15) is 37.0 Å². The maximum absolute atomic E-state index is 10.8. The highest BCUT2D eigenvalue weighted by molar-refractivity contribution is 8.01. The Kier molecular flexibility index (Phi) is 3.91. The van der Waals surface area contributed by atoms with Crippen LogP contribution in [0.2, 0.25) is 0 Å². The highest BCUT2D eigenvalue weighted by Gasteiger charge is 2.19. The van der Waals surface area contributed by atoms with Gasteiger partial charge in [-0.2, -0.15) is 4.37 Å². The molecule has 1 aromatic heterocycles. The Labute approximate surface area is 120 Å². The molecule has 19 heavy (non-hydrogen) atoms. The lowest BCUT2D eigenvalue weighted by atomic mass is 9.96. The Morgan fingerprint density at radius 2 is 1.89 bits per heavy atom. The molecule has 0 unspecified atom stereocenters. The van der Waals surface area contributed by atoms with Crippen molar-refractivity contribution in [1.29, 1.82) is 0 Å². The lowest BCUT2D eigenvalue weighted by Crippen LogP contribution is -2.12. The minimum absolute atomic E-state index is 0.0531. The van der Waals surface area contributed by atoms with Gasteiger partial charge in [-0.1, -0.05) is 32.5 Å². The zero-order valence-electron chi connectivity index (χ0n) is 10.9. The van der Waals surface area contributed by atoms with Crippen molar-refractivity contribution in [2.75, 3.05) is 0 Å². The molecule has 0 saturated carbocycles. The third kappa shape index (κ3) is 3.54. The molecule has 6 heteroatoms. The normalized spacial score (nSPS) is 11.5. The van der Waals surface area contributed by atoms with E-state index in [1.54, 1.807) is 24.3 Å². The van der Waals surface area contributed by atoms with Crippen molar-refractivity contribution in [3.05, 3.63) is 35.7 Å². The van der Waals surface area contributed by atoms with E-state index in [-0.39, 0.29) is 11.0 Å². The molecule has 0 aliphatic heterocycles. The van der Waals surface area contributed by atoms with Crippen LogP contribution in [0.5, 0.6) is 0 Å². The van der Waals surface area contributed by atoms with E-state index in [1.807, 2.05) is 0 Å². The fourth-order valence-corrected chi connectivity index (χ4v) is 3.08. The average molecular weight is 294 g/mol. The summed E-state index contributed by atoms with van der Waals surface area (Å²) >= 11 is 2.86. The average Bonchev–Trinajstić information content (AvgIpc) is 2.78. The number of carboxylic acid groups (broad SMARTS) is 1. The van der Waals surface area contributed by atoms with E-state index in [0.29, 0.717) is 0 Å². The summed E-state index contributed by atoms with van der Waals surface area (Å²) in [6, 6.07) is 6.76. The van der Waals surface area contributed by atoms with E-state index in [4.69, 9.17) is 5.11 Å². The molecule has 1 heterocycles. The summed E-state index contributed by atoms with van der Waals surface area (Å²) < 4.78 is 5.21. The van der Waals surface area contributed by atoms with Crippen molar-refractivity contribution in [2.45, 2.75) is 35.4 Å². The fraction of sp³-hybridized carbons (Fsp3) is 0.308. The lowest BCUT2D eigenvalue weighted by Gasteiger charge is -2.12. The van der Waals surface area contributed by atoms with Gasteiger partial charge in [0.1, 0.15) is 5.82 Å². The molecular formula is C13H14N2O2S2. The van der Waals surface area contributed by atoms with Crippen molar-refractivity contribution in [3.63, 3.8) is 0 Å². The number of hydrogen-bond donors (Lipinski definition) is 1. The highest BCUT2D eigenvalue weighted by Crippen LogP contribution is 2.31. The second kappa shape index (κ2) is 5.30. The van der Waals surface area contributed by atoms with Crippen LogP contribution in [0, 0.1) is 0 Å². The molecule has 2 rings (SSSR count). The van der Waals surface area contributed by atoms with E-state index in [2.05, 4.69) is 30.1 Å². The smallest absolute Gasteiger partial charge is 0.335 e. The molecule has 0 atom stereocenters. The number of benzene rings is 1. The van der Waals surface area contributed by atoms with Crippen LogP contribution in [-0.2, 0) is 5.41 Å². The van der Waals surface area contributed by atoms with Gasteiger partial charge in [0.05, 0.1) is 5.56 Å². The Morgan fingerprint density at radius 3 is 2.37 bits per heavy atom. The van der Waals surface area contributed by atoms with Crippen molar-refractivity contribution in [3.8, 4) is 0 Å². The van der Waals surface area contributed by atoms with Gasteiger partial charge in [-0.15, -0.1) is 0 Å². The van der Waals surface area contributed by atoms with Gasteiger partial charge in [-0.3, -0.25) is 0 Å². The van der Waals surface area contributed by atoms with Crippen LogP contribution < -0.4 is 0 Å². The first-order valence-electron chi connectivity index (χ1n) is 5.71. The minimum Gasteiger partial charge on any atom is -0.478 e. The van der Waals surface area contributed by atoms with E-state index in [9.17, 15) is 4.79 Å². The molecule has 0 bridgehead atoms. The van der Waals surface area contributed by atoms with Crippen molar-refractivity contribution >= 4 is 29.3 Å². The van der Waals surface area contributed by atoms with E-state index >= 15 is 0 Å². The molecule has 1 aromatic carbocycles. The number of nitrogens with zero attached hydrogens (tertiary/aromatic N) is 2. The van der Waals surface area contributed by atoms with Crippen LogP contribution in [-0.4, -0.2) is 20.4 Å². The van der Waals surface area contributed by atoms with Gasteiger partial charge in [-0.05, 0) is 35.8 Å². The molecule has 2 aromatic rings. The Balaban J connectivity index is 2.13. The summed E-state index contributed by atoms with van der Waals surface area (Å²) in [7, 11) is 0. The third-order valence-electron chi connectivity index (χ3n) is 2.38. The number of carbonyl (C=O) groups is 1. The molecule has 0 aliphatic rings. The first kappa shape index (κ1) is 14.0. The zero-order chi connectivity index (χ0) is 14.0. The molecule has 0 spiro atoms. The van der Waals surface area contributed by atoms with E-state index < -0.39 is 5.97 Å². The largest absolute Gasteiger partial charge is 0.478 e. The van der Waals surface area contributed by atoms with Gasteiger partial charge in [0.2, 0.25) is 0 Å². The van der Waals surface area contributed by atoms with Gasteiger partial charge in [-0.25, -0.2) is 9.78 Å². The second-order valence-corrected chi connectivity index (χ2v) is 7.14. The predicted molar refractivity (Wildman–Crippen MR) is 76.1 cm³/mol. The molecule has 0 fully saturated rings. The van der Waals surface area contributed by atoms with Gasteiger partial charge in [0.25, 0.3) is 0 Å². The summed E-state index contributed by atoms with van der Waals surface area (Å²) in [5.41, 5.74) is 0.236. The maximum Gasteiger partial charge on any atom is 0.335 e. The minimum atomic E-state index is -0.914. The number of carboxylic acids is 1. The van der Waals surface area contributed by atoms with E-state index in [0.717, 1.165) is 15.1 Å². The summed E-state index contributed by atoms with van der Waals surface area (Å²) in [6.07, 6.45) is 0. The van der Waals surface area contributed by atoms with Gasteiger partial charge >= 0.3 is 5.97 Å². The SMILES string of the molecule is CC(C)(C)c1nsc(Sc2ccc(C(=O)O)cc2)n1. The first-order chi connectivity index (χ1) is 8.86. The number of aromatic nitrogens is 2. The molecule has 0 aliphatic carbocycles. The van der Waals surface area contributed by atoms with Gasteiger partial charge in [0.15, 0.2) is 4.34 Å². The Morgan fingerprint density at radius 1 is 1.26 bits per heavy atom. The highest BCUT2D eigenvalue weighted by atomic mass is 32.2. The van der Waals surface area contributed by atoms with Gasteiger partial charge < -0.3 is 5.11 Å². The van der Waals surface area contributed by atoms with Crippen molar-refractivity contribution in [2.24, 2.45) is 0 Å². The van der Waals surface area contributed by atoms with Crippen LogP contribution in [0.3, 0.4) is 0 Å². The summed E-state index contributed by atoms with van der Waals surface area (Å²) in [5, 5.41) is 8.83.